The number of benzene rings is 1. The smallest absolute Gasteiger partial charge is 0.0864 e. The topological polar surface area (TPSA) is 31.1 Å². The fourth-order valence-electron chi connectivity index (χ4n) is 2.76. The molecule has 1 saturated heterocycles. The maximum absolute atomic E-state index is 6.11. The van der Waals surface area contributed by atoms with E-state index in [0.29, 0.717) is 6.04 Å². The lowest BCUT2D eigenvalue weighted by molar-refractivity contribution is 0.238. The number of nitrogens with one attached hydrogen (secondary N) is 2. The van der Waals surface area contributed by atoms with Gasteiger partial charge in [0.15, 0.2) is 0 Å². The van der Waals surface area contributed by atoms with Gasteiger partial charge in [-0.3, -0.25) is 0 Å². The summed E-state index contributed by atoms with van der Waals surface area (Å²) >= 11 is 9.75. The minimum absolute atomic E-state index is 0.494. The number of rotatable bonds is 2. The average Bonchev–Trinajstić information content (AvgIpc) is 2.66. The molecule has 0 saturated carbocycles. The van der Waals surface area contributed by atoms with Gasteiger partial charge in [-0.25, -0.2) is 0 Å². The number of halogens is 2. The molecular formula is C14H17BrClN3. The Labute approximate surface area is 126 Å². The summed E-state index contributed by atoms with van der Waals surface area (Å²) in [6.45, 7) is 3.26. The Bertz CT molecular complexity index is 596. The number of fused-ring (bicyclic) bond motifs is 1. The number of H-pyrrole nitrogens is 1. The Hall–Kier alpha value is -0.550. The van der Waals surface area contributed by atoms with Crippen molar-refractivity contribution in [3.05, 3.63) is 33.4 Å². The maximum Gasteiger partial charge on any atom is 0.0864 e. The summed E-state index contributed by atoms with van der Waals surface area (Å²) < 4.78 is 1.07. The van der Waals surface area contributed by atoms with Gasteiger partial charge in [0.25, 0.3) is 0 Å². The highest BCUT2D eigenvalue weighted by molar-refractivity contribution is 9.10. The van der Waals surface area contributed by atoms with Crippen molar-refractivity contribution < 1.29 is 0 Å². The van der Waals surface area contributed by atoms with Crippen molar-refractivity contribution in [1.82, 2.24) is 15.2 Å². The van der Waals surface area contributed by atoms with Crippen molar-refractivity contribution >= 4 is 38.4 Å². The van der Waals surface area contributed by atoms with Crippen LogP contribution in [0.3, 0.4) is 0 Å². The molecule has 1 aromatic heterocycles. The van der Waals surface area contributed by atoms with Gasteiger partial charge in [-0.15, -0.1) is 0 Å². The number of aromatic nitrogens is 1. The van der Waals surface area contributed by atoms with Gasteiger partial charge in [-0.05, 0) is 53.2 Å². The van der Waals surface area contributed by atoms with E-state index in [0.717, 1.165) is 41.2 Å². The highest BCUT2D eigenvalue weighted by Gasteiger charge is 2.20. The zero-order chi connectivity index (χ0) is 13.4. The highest BCUT2D eigenvalue weighted by atomic mass is 79.9. The van der Waals surface area contributed by atoms with E-state index in [-0.39, 0.29) is 0 Å². The predicted molar refractivity (Wildman–Crippen MR) is 84.0 cm³/mol. The Morgan fingerprint density at radius 3 is 3.11 bits per heavy atom. The molecule has 102 valence electrons. The van der Waals surface area contributed by atoms with Crippen molar-refractivity contribution in [3.63, 3.8) is 0 Å². The second-order valence-electron chi connectivity index (χ2n) is 5.22. The van der Waals surface area contributed by atoms with E-state index < -0.39 is 0 Å². The Morgan fingerprint density at radius 2 is 2.32 bits per heavy atom. The fraction of sp³-hybridized carbons (Fsp3) is 0.429. The van der Waals surface area contributed by atoms with Gasteiger partial charge in [0.1, 0.15) is 0 Å². The van der Waals surface area contributed by atoms with Crippen molar-refractivity contribution in [2.24, 2.45) is 0 Å². The lowest BCUT2D eigenvalue weighted by atomic mass is 10.0. The molecule has 0 bridgehead atoms. The third kappa shape index (κ3) is 2.82. The molecule has 1 aromatic carbocycles. The van der Waals surface area contributed by atoms with Gasteiger partial charge < -0.3 is 15.2 Å². The first kappa shape index (κ1) is 13.4. The molecule has 1 fully saturated rings. The zero-order valence-electron chi connectivity index (χ0n) is 10.8. The molecule has 1 aliphatic heterocycles. The Morgan fingerprint density at radius 1 is 1.47 bits per heavy atom. The van der Waals surface area contributed by atoms with Gasteiger partial charge in [0, 0.05) is 41.6 Å². The largest absolute Gasteiger partial charge is 0.349 e. The first-order chi connectivity index (χ1) is 9.13. The van der Waals surface area contributed by atoms with Crippen LogP contribution in [-0.4, -0.2) is 42.6 Å². The molecule has 0 spiro atoms. The van der Waals surface area contributed by atoms with Gasteiger partial charge in [-0.2, -0.15) is 0 Å². The summed E-state index contributed by atoms with van der Waals surface area (Å²) in [5.41, 5.74) is 2.45. The quantitative estimate of drug-likeness (QED) is 0.879. The average molecular weight is 343 g/mol. The minimum Gasteiger partial charge on any atom is -0.349 e. The molecule has 19 heavy (non-hydrogen) atoms. The van der Waals surface area contributed by atoms with Crippen LogP contribution in [0, 0.1) is 0 Å². The van der Waals surface area contributed by atoms with Crippen molar-refractivity contribution in [2.75, 3.05) is 26.7 Å². The molecule has 0 radical (unpaired) electrons. The van der Waals surface area contributed by atoms with E-state index in [1.807, 2.05) is 18.2 Å². The SMILES string of the molecule is CN1CCNC(Cc2c(Br)[nH]c3ccc(Cl)cc23)C1. The van der Waals surface area contributed by atoms with Crippen LogP contribution in [0.4, 0.5) is 0 Å². The molecule has 0 amide bonds. The van der Waals surface area contributed by atoms with Crippen LogP contribution in [0.25, 0.3) is 10.9 Å². The molecule has 3 nitrogen and oxygen atoms in total. The minimum atomic E-state index is 0.494. The molecule has 2 N–H and O–H groups in total. The maximum atomic E-state index is 6.11. The molecule has 2 heterocycles. The van der Waals surface area contributed by atoms with Crippen molar-refractivity contribution in [1.29, 1.82) is 0 Å². The van der Waals surface area contributed by atoms with Gasteiger partial charge >= 0.3 is 0 Å². The third-order valence-electron chi connectivity index (χ3n) is 3.73. The molecule has 0 aliphatic carbocycles. The van der Waals surface area contributed by atoms with E-state index >= 15 is 0 Å². The molecular weight excluding hydrogens is 326 g/mol. The van der Waals surface area contributed by atoms with Crippen LogP contribution in [0.5, 0.6) is 0 Å². The summed E-state index contributed by atoms with van der Waals surface area (Å²) in [5, 5.41) is 5.59. The van der Waals surface area contributed by atoms with E-state index in [4.69, 9.17) is 11.6 Å². The Kier molecular flexibility index (Phi) is 3.85. The number of hydrogen-bond donors (Lipinski definition) is 2. The summed E-state index contributed by atoms with van der Waals surface area (Å²) in [7, 11) is 2.18. The number of aromatic amines is 1. The lowest BCUT2D eigenvalue weighted by Gasteiger charge is -2.31. The van der Waals surface area contributed by atoms with Crippen LogP contribution >= 0.6 is 27.5 Å². The molecule has 1 unspecified atom stereocenters. The van der Waals surface area contributed by atoms with Crippen LogP contribution in [0.2, 0.25) is 5.02 Å². The number of piperazine rings is 1. The number of nitrogens with zero attached hydrogens (tertiary/aromatic N) is 1. The summed E-state index contributed by atoms with van der Waals surface area (Å²) in [5.74, 6) is 0. The van der Waals surface area contributed by atoms with Crippen LogP contribution in [0.15, 0.2) is 22.8 Å². The van der Waals surface area contributed by atoms with E-state index in [1.54, 1.807) is 0 Å². The zero-order valence-corrected chi connectivity index (χ0v) is 13.2. The normalized spacial score (nSPS) is 21.1. The second kappa shape index (κ2) is 5.44. The molecule has 3 rings (SSSR count). The number of hydrogen-bond acceptors (Lipinski definition) is 2. The van der Waals surface area contributed by atoms with E-state index in [2.05, 4.69) is 38.2 Å². The van der Waals surface area contributed by atoms with Gasteiger partial charge in [0.05, 0.1) is 4.60 Å². The van der Waals surface area contributed by atoms with E-state index in [1.165, 1.54) is 10.9 Å². The van der Waals surface area contributed by atoms with E-state index in [9.17, 15) is 0 Å². The molecule has 1 atom stereocenters. The summed E-state index contributed by atoms with van der Waals surface area (Å²) in [6, 6.07) is 6.49. The lowest BCUT2D eigenvalue weighted by Crippen LogP contribution is -2.49. The summed E-state index contributed by atoms with van der Waals surface area (Å²) in [4.78, 5) is 5.74. The van der Waals surface area contributed by atoms with Crippen LogP contribution in [0.1, 0.15) is 5.56 Å². The second-order valence-corrected chi connectivity index (χ2v) is 6.45. The molecule has 5 heteroatoms. The third-order valence-corrected chi connectivity index (χ3v) is 4.64. The van der Waals surface area contributed by atoms with Gasteiger partial charge in [0.2, 0.25) is 0 Å². The van der Waals surface area contributed by atoms with Crippen LogP contribution < -0.4 is 5.32 Å². The summed E-state index contributed by atoms with van der Waals surface area (Å²) in [6.07, 6.45) is 1.01. The fourth-order valence-corrected chi connectivity index (χ4v) is 3.52. The van der Waals surface area contributed by atoms with Crippen LogP contribution in [-0.2, 0) is 6.42 Å². The first-order valence-electron chi connectivity index (χ1n) is 6.51. The molecule has 1 aliphatic rings. The van der Waals surface area contributed by atoms with Crippen molar-refractivity contribution in [2.45, 2.75) is 12.5 Å². The number of likely N-dealkylation sites (N-methyl/N-ethyl adjacent to an activating group) is 1. The monoisotopic (exact) mass is 341 g/mol. The molecule has 2 aromatic rings. The standard InChI is InChI=1S/C14H17BrClN3/c1-19-5-4-17-10(8-19)7-12-11-6-9(16)2-3-13(11)18-14(12)15/h2-3,6,10,17-18H,4-5,7-8H2,1H3. The first-order valence-corrected chi connectivity index (χ1v) is 7.68. The highest BCUT2D eigenvalue weighted by Crippen LogP contribution is 2.30. The Balaban J connectivity index is 1.91. The van der Waals surface area contributed by atoms with Crippen molar-refractivity contribution in [3.8, 4) is 0 Å². The van der Waals surface area contributed by atoms with Gasteiger partial charge in [-0.1, -0.05) is 11.6 Å². The predicted octanol–water partition coefficient (Wildman–Crippen LogP) is 3.03.